The molecule has 80 valence electrons. The van der Waals surface area contributed by atoms with Gasteiger partial charge in [0.2, 0.25) is 6.79 Å². The molecule has 1 unspecified atom stereocenters. The Morgan fingerprint density at radius 2 is 2.27 bits per heavy atom. The number of hydrogen-bond acceptors (Lipinski definition) is 4. The van der Waals surface area contributed by atoms with E-state index in [1.165, 1.54) is 0 Å². The zero-order valence-corrected chi connectivity index (χ0v) is 9.24. The first kappa shape index (κ1) is 10.4. The van der Waals surface area contributed by atoms with E-state index in [1.807, 2.05) is 18.2 Å². The first-order chi connectivity index (χ1) is 7.29. The Kier molecular flexibility index (Phi) is 3.19. The SMILES string of the molecule is OC[C@@H](P)/N=C/c1ccc2c(c1)OCO2. The minimum absolute atomic E-state index is 0.0196. The monoisotopic (exact) mass is 225 g/mol. The molecular weight excluding hydrogens is 213 g/mol. The van der Waals surface area contributed by atoms with E-state index in [-0.39, 0.29) is 19.2 Å². The van der Waals surface area contributed by atoms with E-state index in [1.54, 1.807) is 6.21 Å². The number of aliphatic hydroxyl groups is 1. The van der Waals surface area contributed by atoms with Crippen molar-refractivity contribution >= 4 is 15.5 Å². The summed E-state index contributed by atoms with van der Waals surface area (Å²) < 4.78 is 10.4. The average molecular weight is 225 g/mol. The number of nitrogens with zero attached hydrogens (tertiary/aromatic N) is 1. The summed E-state index contributed by atoms with van der Waals surface area (Å²) in [7, 11) is 2.45. The molecule has 0 aromatic heterocycles. The smallest absolute Gasteiger partial charge is 0.231 e. The van der Waals surface area contributed by atoms with E-state index < -0.39 is 0 Å². The molecule has 0 bridgehead atoms. The molecule has 4 nitrogen and oxygen atoms in total. The normalized spacial score (nSPS) is 15.9. The van der Waals surface area contributed by atoms with Crippen molar-refractivity contribution in [1.29, 1.82) is 0 Å². The highest BCUT2D eigenvalue weighted by Crippen LogP contribution is 2.31. The second-order valence-electron chi connectivity index (χ2n) is 3.14. The molecule has 15 heavy (non-hydrogen) atoms. The van der Waals surface area contributed by atoms with Crippen LogP contribution >= 0.6 is 9.24 Å². The zero-order valence-electron chi connectivity index (χ0n) is 8.09. The van der Waals surface area contributed by atoms with Crippen LogP contribution < -0.4 is 9.47 Å². The quantitative estimate of drug-likeness (QED) is 0.617. The van der Waals surface area contributed by atoms with Crippen molar-refractivity contribution in [2.24, 2.45) is 4.99 Å². The average Bonchev–Trinajstić information content (AvgIpc) is 2.72. The molecule has 5 heteroatoms. The van der Waals surface area contributed by atoms with E-state index in [4.69, 9.17) is 14.6 Å². The van der Waals surface area contributed by atoms with Gasteiger partial charge in [0.05, 0.1) is 12.4 Å². The van der Waals surface area contributed by atoms with Gasteiger partial charge in [0, 0.05) is 6.21 Å². The van der Waals surface area contributed by atoms with Crippen molar-refractivity contribution in [1.82, 2.24) is 0 Å². The molecule has 2 rings (SSSR count). The molecule has 1 aliphatic rings. The van der Waals surface area contributed by atoms with Crippen LogP contribution in [0.3, 0.4) is 0 Å². The van der Waals surface area contributed by atoms with Gasteiger partial charge in [-0.25, -0.2) is 0 Å². The van der Waals surface area contributed by atoms with Gasteiger partial charge in [0.25, 0.3) is 0 Å². The third-order valence-corrected chi connectivity index (χ3v) is 2.38. The number of aliphatic hydroxyl groups excluding tert-OH is 1. The Labute approximate surface area is 90.1 Å². The van der Waals surface area contributed by atoms with Gasteiger partial charge in [-0.1, -0.05) is 0 Å². The maximum Gasteiger partial charge on any atom is 0.231 e. The maximum absolute atomic E-state index is 8.79. The van der Waals surface area contributed by atoms with Crippen LogP contribution in [0, 0.1) is 0 Å². The molecule has 1 N–H and O–H groups in total. The van der Waals surface area contributed by atoms with Crippen LogP contribution in [0.2, 0.25) is 0 Å². The maximum atomic E-state index is 8.79. The Bertz CT molecular complexity index is 381. The fraction of sp³-hybridized carbons (Fsp3) is 0.300. The molecule has 0 amide bonds. The summed E-state index contributed by atoms with van der Waals surface area (Å²) in [4.78, 5) is 4.13. The highest BCUT2D eigenvalue weighted by atomic mass is 31.0. The molecule has 2 atom stereocenters. The first-order valence-corrected chi connectivity index (χ1v) is 5.25. The Morgan fingerprint density at radius 1 is 1.47 bits per heavy atom. The lowest BCUT2D eigenvalue weighted by Gasteiger charge is -2.00. The summed E-state index contributed by atoms with van der Waals surface area (Å²) in [5.74, 6) is 1.34. The summed E-state index contributed by atoms with van der Waals surface area (Å²) in [6.07, 6.45) is 1.70. The second-order valence-corrected chi connectivity index (χ2v) is 3.91. The van der Waals surface area contributed by atoms with Crippen LogP contribution in [0.25, 0.3) is 0 Å². The minimum atomic E-state index is -0.157. The van der Waals surface area contributed by atoms with Crippen LogP contribution in [0.1, 0.15) is 5.56 Å². The van der Waals surface area contributed by atoms with Crippen LogP contribution in [0.15, 0.2) is 23.2 Å². The molecule has 0 spiro atoms. The molecule has 1 heterocycles. The largest absolute Gasteiger partial charge is 0.454 e. The summed E-state index contributed by atoms with van der Waals surface area (Å²) in [5.41, 5.74) is 0.931. The van der Waals surface area contributed by atoms with Crippen molar-refractivity contribution in [2.75, 3.05) is 13.4 Å². The Balaban J connectivity index is 2.13. The summed E-state index contributed by atoms with van der Waals surface area (Å²) in [6.45, 7) is 0.296. The van der Waals surface area contributed by atoms with Gasteiger partial charge in [0.15, 0.2) is 11.5 Å². The highest BCUT2D eigenvalue weighted by molar-refractivity contribution is 7.17. The Morgan fingerprint density at radius 3 is 3.07 bits per heavy atom. The predicted molar refractivity (Wildman–Crippen MR) is 60.7 cm³/mol. The van der Waals surface area contributed by atoms with Gasteiger partial charge in [-0.15, -0.1) is 9.24 Å². The lowest BCUT2D eigenvalue weighted by Crippen LogP contribution is -1.99. The van der Waals surface area contributed by atoms with Gasteiger partial charge in [-0.3, -0.25) is 4.99 Å². The Hall–Kier alpha value is -1.12. The van der Waals surface area contributed by atoms with Gasteiger partial charge in [0.1, 0.15) is 0 Å². The number of benzene rings is 1. The standard InChI is InChI=1S/C10H12NO3P/c12-5-10(15)11-4-7-1-2-8-9(3-7)14-6-13-8/h1-4,10,12H,5-6,15H2/b11-4+/t10-/m1/s1. The summed E-state index contributed by atoms with van der Waals surface area (Å²) >= 11 is 0. The van der Waals surface area contributed by atoms with E-state index in [9.17, 15) is 0 Å². The van der Waals surface area contributed by atoms with Crippen LogP contribution in [-0.2, 0) is 0 Å². The fourth-order valence-corrected chi connectivity index (χ4v) is 1.31. The van der Waals surface area contributed by atoms with E-state index in [0.29, 0.717) is 0 Å². The number of aliphatic imine (C=N–C) groups is 1. The molecule has 0 saturated heterocycles. The number of fused-ring (bicyclic) bond motifs is 1. The molecule has 0 radical (unpaired) electrons. The van der Waals surface area contributed by atoms with E-state index in [0.717, 1.165) is 17.1 Å². The number of rotatable bonds is 3. The molecule has 1 aromatic rings. The van der Waals surface area contributed by atoms with Crippen molar-refractivity contribution in [2.45, 2.75) is 5.78 Å². The zero-order chi connectivity index (χ0) is 10.7. The topological polar surface area (TPSA) is 51.1 Å². The summed E-state index contributed by atoms with van der Waals surface area (Å²) in [6, 6.07) is 5.60. The molecular formula is C10H12NO3P. The third-order valence-electron chi connectivity index (χ3n) is 2.00. The van der Waals surface area contributed by atoms with Gasteiger partial charge in [-0.05, 0) is 23.8 Å². The number of ether oxygens (including phenoxy) is 2. The van der Waals surface area contributed by atoms with Gasteiger partial charge in [-0.2, -0.15) is 0 Å². The molecule has 0 saturated carbocycles. The first-order valence-electron chi connectivity index (χ1n) is 4.59. The van der Waals surface area contributed by atoms with Gasteiger partial charge >= 0.3 is 0 Å². The molecule has 0 fully saturated rings. The van der Waals surface area contributed by atoms with Crippen molar-refractivity contribution in [3.63, 3.8) is 0 Å². The molecule has 0 aliphatic carbocycles. The number of hydrogen-bond donors (Lipinski definition) is 1. The molecule has 1 aliphatic heterocycles. The van der Waals surface area contributed by atoms with E-state index in [2.05, 4.69) is 14.2 Å². The predicted octanol–water partition coefficient (Wildman–Crippen LogP) is 1.03. The van der Waals surface area contributed by atoms with Crippen molar-refractivity contribution in [3.05, 3.63) is 23.8 Å². The highest BCUT2D eigenvalue weighted by Gasteiger charge is 2.12. The summed E-state index contributed by atoms with van der Waals surface area (Å²) in [5, 5.41) is 8.79. The van der Waals surface area contributed by atoms with Crippen LogP contribution in [0.5, 0.6) is 11.5 Å². The van der Waals surface area contributed by atoms with Crippen molar-refractivity contribution < 1.29 is 14.6 Å². The van der Waals surface area contributed by atoms with Crippen LogP contribution in [-0.4, -0.2) is 30.5 Å². The van der Waals surface area contributed by atoms with Crippen LogP contribution in [0.4, 0.5) is 0 Å². The van der Waals surface area contributed by atoms with Crippen molar-refractivity contribution in [3.8, 4) is 11.5 Å². The van der Waals surface area contributed by atoms with Gasteiger partial charge < -0.3 is 14.6 Å². The second kappa shape index (κ2) is 4.60. The van der Waals surface area contributed by atoms with E-state index >= 15 is 0 Å². The fourth-order valence-electron chi connectivity index (χ4n) is 1.22. The lowest BCUT2D eigenvalue weighted by atomic mass is 10.2. The third kappa shape index (κ3) is 2.46. The lowest BCUT2D eigenvalue weighted by molar-refractivity contribution is 0.174. The molecule has 1 aromatic carbocycles. The minimum Gasteiger partial charge on any atom is -0.454 e.